The van der Waals surface area contributed by atoms with E-state index in [9.17, 15) is 9.59 Å². The van der Waals surface area contributed by atoms with Crippen LogP contribution in [0.25, 0.3) is 0 Å². The van der Waals surface area contributed by atoms with Crippen LogP contribution in [0.3, 0.4) is 0 Å². The highest BCUT2D eigenvalue weighted by molar-refractivity contribution is 5.92. The summed E-state index contributed by atoms with van der Waals surface area (Å²) in [6.07, 6.45) is 3.92. The molecule has 0 spiro atoms. The van der Waals surface area contributed by atoms with Gasteiger partial charge >= 0.3 is 5.97 Å². The summed E-state index contributed by atoms with van der Waals surface area (Å²) in [5, 5.41) is 11.6. The highest BCUT2D eigenvalue weighted by Gasteiger charge is 2.25. The fraction of sp³-hybridized carbons (Fsp3) is 0.600. The van der Waals surface area contributed by atoms with E-state index in [4.69, 9.17) is 5.11 Å². The molecule has 1 unspecified atom stereocenters. The third-order valence-corrected chi connectivity index (χ3v) is 3.90. The van der Waals surface area contributed by atoms with Gasteiger partial charge in [0.2, 0.25) is 0 Å². The number of hydrogen-bond donors (Lipinski definition) is 2. The smallest absolute Gasteiger partial charge is 0.317 e. The van der Waals surface area contributed by atoms with Crippen LogP contribution in [0.4, 0.5) is 0 Å². The molecule has 0 bridgehead atoms. The first-order valence-electron chi connectivity index (χ1n) is 7.48. The topological polar surface area (TPSA) is 74.6 Å². The van der Waals surface area contributed by atoms with Crippen molar-refractivity contribution in [2.75, 3.05) is 26.2 Å². The molecule has 1 aromatic heterocycles. The maximum atomic E-state index is 12.6. The van der Waals surface area contributed by atoms with Crippen LogP contribution in [-0.4, -0.2) is 52.6 Å². The van der Waals surface area contributed by atoms with Crippen LogP contribution < -0.4 is 5.32 Å². The number of carboxylic acid groups (broad SMARTS) is 1. The average molecular weight is 293 g/mol. The molecule has 1 fully saturated rings. The van der Waals surface area contributed by atoms with Crippen LogP contribution >= 0.6 is 0 Å². The van der Waals surface area contributed by atoms with Crippen LogP contribution in [-0.2, 0) is 11.3 Å². The van der Waals surface area contributed by atoms with Gasteiger partial charge in [-0.1, -0.05) is 0 Å². The molecule has 21 heavy (non-hydrogen) atoms. The largest absolute Gasteiger partial charge is 0.480 e. The van der Waals surface area contributed by atoms with Crippen molar-refractivity contribution in [2.24, 2.45) is 5.92 Å². The van der Waals surface area contributed by atoms with Gasteiger partial charge in [0.25, 0.3) is 5.91 Å². The SMILES string of the molecule is CCn1cccc1C(=O)N1CCCC(CNCC(=O)O)C1. The summed E-state index contributed by atoms with van der Waals surface area (Å²) in [7, 11) is 0. The van der Waals surface area contributed by atoms with Gasteiger partial charge in [-0.15, -0.1) is 0 Å². The lowest BCUT2D eigenvalue weighted by Gasteiger charge is -2.33. The molecule has 1 saturated heterocycles. The van der Waals surface area contributed by atoms with E-state index in [1.807, 2.05) is 34.7 Å². The molecule has 116 valence electrons. The molecule has 0 aromatic carbocycles. The highest BCUT2D eigenvalue weighted by atomic mass is 16.4. The lowest BCUT2D eigenvalue weighted by Crippen LogP contribution is -2.44. The summed E-state index contributed by atoms with van der Waals surface area (Å²) in [5.74, 6) is -0.448. The number of carbonyl (C=O) groups excluding carboxylic acids is 1. The Morgan fingerprint density at radius 1 is 1.48 bits per heavy atom. The number of aliphatic carboxylic acids is 1. The zero-order valence-corrected chi connectivity index (χ0v) is 12.4. The van der Waals surface area contributed by atoms with Crippen molar-refractivity contribution in [1.82, 2.24) is 14.8 Å². The van der Waals surface area contributed by atoms with Gasteiger partial charge in [-0.2, -0.15) is 0 Å². The molecule has 2 rings (SSSR count). The van der Waals surface area contributed by atoms with Crippen LogP contribution in [0.2, 0.25) is 0 Å². The number of carboxylic acids is 1. The first-order valence-corrected chi connectivity index (χ1v) is 7.48. The molecule has 1 amide bonds. The van der Waals surface area contributed by atoms with E-state index in [1.54, 1.807) is 0 Å². The minimum absolute atomic E-state index is 0.0247. The van der Waals surface area contributed by atoms with E-state index in [2.05, 4.69) is 5.32 Å². The third kappa shape index (κ3) is 4.07. The van der Waals surface area contributed by atoms with Crippen molar-refractivity contribution >= 4 is 11.9 Å². The molecule has 6 nitrogen and oxygen atoms in total. The Kier molecular flexibility index (Phi) is 5.38. The van der Waals surface area contributed by atoms with Crippen molar-refractivity contribution in [1.29, 1.82) is 0 Å². The number of carbonyl (C=O) groups is 2. The lowest BCUT2D eigenvalue weighted by molar-refractivity contribution is -0.136. The monoisotopic (exact) mass is 293 g/mol. The van der Waals surface area contributed by atoms with Crippen LogP contribution in [0, 0.1) is 5.92 Å². The molecule has 2 heterocycles. The predicted molar refractivity (Wildman–Crippen MR) is 79.2 cm³/mol. The van der Waals surface area contributed by atoms with Gasteiger partial charge in [0.05, 0.1) is 6.54 Å². The molecule has 1 aliphatic rings. The molecule has 0 radical (unpaired) electrons. The minimum atomic E-state index is -0.848. The Bertz CT molecular complexity index is 498. The summed E-state index contributed by atoms with van der Waals surface area (Å²) in [6, 6.07) is 3.75. The standard InChI is InChI=1S/C15H23N3O3/c1-2-17-7-4-6-13(17)15(21)18-8-3-5-12(11-18)9-16-10-14(19)20/h4,6-7,12,16H,2-3,5,8-11H2,1H3,(H,19,20). The van der Waals surface area contributed by atoms with Crippen LogP contribution in [0.5, 0.6) is 0 Å². The molecule has 1 atom stereocenters. The van der Waals surface area contributed by atoms with E-state index >= 15 is 0 Å². The maximum absolute atomic E-state index is 12.6. The maximum Gasteiger partial charge on any atom is 0.317 e. The van der Waals surface area contributed by atoms with Crippen molar-refractivity contribution < 1.29 is 14.7 Å². The van der Waals surface area contributed by atoms with Crippen molar-refractivity contribution in [3.05, 3.63) is 24.0 Å². The number of aromatic nitrogens is 1. The summed E-state index contributed by atoms with van der Waals surface area (Å²) in [6.45, 7) is 4.90. The molecule has 6 heteroatoms. The van der Waals surface area contributed by atoms with E-state index in [1.165, 1.54) is 0 Å². The van der Waals surface area contributed by atoms with Gasteiger partial charge < -0.3 is 19.9 Å². The summed E-state index contributed by atoms with van der Waals surface area (Å²) in [5.41, 5.74) is 0.733. The Hall–Kier alpha value is -1.82. The van der Waals surface area contributed by atoms with E-state index < -0.39 is 5.97 Å². The van der Waals surface area contributed by atoms with Gasteiger partial charge in [-0.25, -0.2) is 0 Å². The molecule has 2 N–H and O–H groups in total. The Morgan fingerprint density at radius 2 is 2.29 bits per heavy atom. The zero-order chi connectivity index (χ0) is 15.2. The molecule has 1 aliphatic heterocycles. The Balaban J connectivity index is 1.91. The molecule has 0 saturated carbocycles. The van der Waals surface area contributed by atoms with Crippen molar-refractivity contribution in [2.45, 2.75) is 26.3 Å². The lowest BCUT2D eigenvalue weighted by atomic mass is 9.97. The molecular weight excluding hydrogens is 270 g/mol. The van der Waals surface area contributed by atoms with Gasteiger partial charge in [-0.05, 0) is 37.8 Å². The Morgan fingerprint density at radius 3 is 3.00 bits per heavy atom. The molecule has 1 aromatic rings. The molecule has 0 aliphatic carbocycles. The zero-order valence-electron chi connectivity index (χ0n) is 12.4. The number of nitrogens with zero attached hydrogens (tertiary/aromatic N) is 2. The predicted octanol–water partition coefficient (Wildman–Crippen LogP) is 1.03. The van der Waals surface area contributed by atoms with Crippen molar-refractivity contribution in [3.63, 3.8) is 0 Å². The van der Waals surface area contributed by atoms with E-state index in [0.717, 1.165) is 31.6 Å². The van der Waals surface area contributed by atoms with Gasteiger partial charge in [-0.3, -0.25) is 9.59 Å². The number of rotatable bonds is 6. The van der Waals surface area contributed by atoms with E-state index in [-0.39, 0.29) is 12.5 Å². The third-order valence-electron chi connectivity index (χ3n) is 3.90. The van der Waals surface area contributed by atoms with Gasteiger partial charge in [0.15, 0.2) is 0 Å². The average Bonchev–Trinajstić information content (AvgIpc) is 2.95. The number of piperidine rings is 1. The first-order chi connectivity index (χ1) is 10.1. The molecular formula is C15H23N3O3. The number of likely N-dealkylation sites (tertiary alicyclic amines) is 1. The van der Waals surface area contributed by atoms with Crippen molar-refractivity contribution in [3.8, 4) is 0 Å². The second kappa shape index (κ2) is 7.26. The minimum Gasteiger partial charge on any atom is -0.480 e. The number of nitrogens with one attached hydrogen (secondary N) is 1. The van der Waals surface area contributed by atoms with E-state index in [0.29, 0.717) is 19.0 Å². The number of aryl methyl sites for hydroxylation is 1. The summed E-state index contributed by atoms with van der Waals surface area (Å²) < 4.78 is 1.95. The van der Waals surface area contributed by atoms with Crippen LogP contribution in [0.1, 0.15) is 30.3 Å². The second-order valence-corrected chi connectivity index (χ2v) is 5.46. The number of hydrogen-bond acceptors (Lipinski definition) is 3. The fourth-order valence-corrected chi connectivity index (χ4v) is 2.85. The van der Waals surface area contributed by atoms with Crippen LogP contribution in [0.15, 0.2) is 18.3 Å². The highest BCUT2D eigenvalue weighted by Crippen LogP contribution is 2.18. The van der Waals surface area contributed by atoms with Gasteiger partial charge in [0.1, 0.15) is 5.69 Å². The normalized spacial score (nSPS) is 18.7. The fourth-order valence-electron chi connectivity index (χ4n) is 2.85. The number of amides is 1. The first kappa shape index (κ1) is 15.6. The summed E-state index contributed by atoms with van der Waals surface area (Å²) in [4.78, 5) is 25.0. The Labute approximate surface area is 124 Å². The summed E-state index contributed by atoms with van der Waals surface area (Å²) >= 11 is 0. The second-order valence-electron chi connectivity index (χ2n) is 5.46. The quantitative estimate of drug-likeness (QED) is 0.821. The van der Waals surface area contributed by atoms with Gasteiger partial charge in [0, 0.05) is 32.4 Å².